The number of benzene rings is 1. The number of aromatic amines is 1. The van der Waals surface area contributed by atoms with Gasteiger partial charge in [-0.25, -0.2) is 0 Å². The molecular formula is C18H21N3O3. The van der Waals surface area contributed by atoms with Crippen molar-refractivity contribution in [3.63, 3.8) is 0 Å². The number of fused-ring (bicyclic) bond motifs is 1. The highest BCUT2D eigenvalue weighted by Gasteiger charge is 2.29. The summed E-state index contributed by atoms with van der Waals surface area (Å²) in [5.74, 6) is 1.97. The Morgan fingerprint density at radius 1 is 1.33 bits per heavy atom. The number of hydrogen-bond donors (Lipinski definition) is 1. The molecule has 6 nitrogen and oxygen atoms in total. The quantitative estimate of drug-likeness (QED) is 0.916. The Bertz CT molecular complexity index is 739. The first-order chi connectivity index (χ1) is 11.7. The van der Waals surface area contributed by atoms with E-state index in [1.54, 1.807) is 4.90 Å². The number of carbonyl (C=O) groups excluding carboxylic acids is 1. The lowest BCUT2D eigenvalue weighted by atomic mass is 10.2. The van der Waals surface area contributed by atoms with Crippen LogP contribution in [0.25, 0.3) is 0 Å². The summed E-state index contributed by atoms with van der Waals surface area (Å²) < 4.78 is 11.7. The molecule has 24 heavy (non-hydrogen) atoms. The van der Waals surface area contributed by atoms with Gasteiger partial charge >= 0.3 is 0 Å². The first-order valence-electron chi connectivity index (χ1n) is 8.47. The number of aromatic nitrogens is 2. The van der Waals surface area contributed by atoms with Gasteiger partial charge in [-0.2, -0.15) is 5.10 Å². The Morgan fingerprint density at radius 3 is 2.88 bits per heavy atom. The minimum Gasteiger partial charge on any atom is -0.486 e. The lowest BCUT2D eigenvalue weighted by Crippen LogP contribution is -2.43. The van der Waals surface area contributed by atoms with Gasteiger partial charge in [0.15, 0.2) is 17.6 Å². The molecule has 1 fully saturated rings. The minimum atomic E-state index is -0.175. The number of hydrogen-bond acceptors (Lipinski definition) is 4. The third-order valence-electron chi connectivity index (χ3n) is 4.49. The molecule has 0 spiro atoms. The van der Waals surface area contributed by atoms with Gasteiger partial charge in [0, 0.05) is 18.2 Å². The van der Waals surface area contributed by atoms with Crippen molar-refractivity contribution in [3.05, 3.63) is 41.7 Å². The van der Waals surface area contributed by atoms with E-state index in [9.17, 15) is 4.79 Å². The summed E-state index contributed by atoms with van der Waals surface area (Å²) in [6.45, 7) is 3.49. The average molecular weight is 327 g/mol. The fourth-order valence-corrected chi connectivity index (χ4v) is 2.97. The van der Waals surface area contributed by atoms with E-state index in [1.807, 2.05) is 37.3 Å². The lowest BCUT2D eigenvalue weighted by Gasteiger charge is -2.30. The largest absolute Gasteiger partial charge is 0.486 e. The number of H-pyrrole nitrogens is 1. The summed E-state index contributed by atoms with van der Waals surface area (Å²) >= 11 is 0. The Hall–Kier alpha value is -2.50. The van der Waals surface area contributed by atoms with E-state index < -0.39 is 0 Å². The fourth-order valence-electron chi connectivity index (χ4n) is 2.97. The minimum absolute atomic E-state index is 0.0666. The second kappa shape index (κ2) is 6.19. The monoisotopic (exact) mass is 327 g/mol. The highest BCUT2D eigenvalue weighted by atomic mass is 16.6. The number of nitrogens with zero attached hydrogens (tertiary/aromatic N) is 2. The summed E-state index contributed by atoms with van der Waals surface area (Å²) in [7, 11) is 0. The average Bonchev–Trinajstić information content (AvgIpc) is 3.36. The maximum absolute atomic E-state index is 12.7. The van der Waals surface area contributed by atoms with Gasteiger partial charge in [-0.15, -0.1) is 0 Å². The summed E-state index contributed by atoms with van der Waals surface area (Å²) in [5, 5.41) is 7.18. The third kappa shape index (κ3) is 2.96. The molecule has 0 bridgehead atoms. The number of para-hydroxylation sites is 2. The van der Waals surface area contributed by atoms with Crippen LogP contribution in [-0.2, 0) is 0 Å². The molecule has 0 unspecified atom stereocenters. The van der Waals surface area contributed by atoms with Gasteiger partial charge < -0.3 is 14.4 Å². The zero-order chi connectivity index (χ0) is 16.5. The molecule has 1 atom stereocenters. The Morgan fingerprint density at radius 2 is 2.12 bits per heavy atom. The first-order valence-corrected chi connectivity index (χ1v) is 8.47. The number of likely N-dealkylation sites (N-methyl/N-ethyl adjacent to an activating group) is 1. The highest BCUT2D eigenvalue weighted by molar-refractivity contribution is 5.92. The Labute approximate surface area is 140 Å². The van der Waals surface area contributed by atoms with Gasteiger partial charge in [0.1, 0.15) is 12.3 Å². The van der Waals surface area contributed by atoms with Crippen molar-refractivity contribution < 1.29 is 14.3 Å². The van der Waals surface area contributed by atoms with Crippen LogP contribution >= 0.6 is 0 Å². The van der Waals surface area contributed by atoms with Crippen LogP contribution in [0.2, 0.25) is 0 Å². The SMILES string of the molecule is CCN(C[C@H]1COc2ccccc2O1)C(=O)c1cc(C2CC2)[nH]n1. The van der Waals surface area contributed by atoms with E-state index in [2.05, 4.69) is 10.2 Å². The highest BCUT2D eigenvalue weighted by Crippen LogP contribution is 2.39. The van der Waals surface area contributed by atoms with Crippen LogP contribution in [0, 0.1) is 0 Å². The Balaban J connectivity index is 1.43. The molecule has 6 heteroatoms. The maximum atomic E-state index is 12.7. The fraction of sp³-hybridized carbons (Fsp3) is 0.444. The summed E-state index contributed by atoms with van der Waals surface area (Å²) in [4.78, 5) is 14.5. The van der Waals surface area contributed by atoms with Crippen molar-refractivity contribution in [3.8, 4) is 11.5 Å². The second-order valence-electron chi connectivity index (χ2n) is 6.32. The summed E-state index contributed by atoms with van der Waals surface area (Å²) in [6.07, 6.45) is 2.19. The van der Waals surface area contributed by atoms with Crippen LogP contribution in [0.4, 0.5) is 0 Å². The van der Waals surface area contributed by atoms with E-state index in [4.69, 9.17) is 9.47 Å². The molecule has 4 rings (SSSR count). The first kappa shape index (κ1) is 15.1. The van der Waals surface area contributed by atoms with Crippen LogP contribution in [0.5, 0.6) is 11.5 Å². The zero-order valence-electron chi connectivity index (χ0n) is 13.7. The van der Waals surface area contributed by atoms with E-state index in [0.717, 1.165) is 17.2 Å². The van der Waals surface area contributed by atoms with Crippen LogP contribution < -0.4 is 9.47 Å². The molecule has 1 amide bonds. The molecule has 1 aromatic carbocycles. The van der Waals surface area contributed by atoms with Crippen LogP contribution in [0.15, 0.2) is 30.3 Å². The third-order valence-corrected chi connectivity index (χ3v) is 4.49. The summed E-state index contributed by atoms with van der Waals surface area (Å²) in [6, 6.07) is 9.48. The molecule has 126 valence electrons. The van der Waals surface area contributed by atoms with Gasteiger partial charge in [-0.1, -0.05) is 12.1 Å². The van der Waals surface area contributed by atoms with E-state index in [0.29, 0.717) is 31.3 Å². The van der Waals surface area contributed by atoms with Gasteiger partial charge in [0.2, 0.25) is 0 Å². The molecule has 1 N–H and O–H groups in total. The van der Waals surface area contributed by atoms with E-state index in [1.165, 1.54) is 12.8 Å². The number of ether oxygens (including phenoxy) is 2. The van der Waals surface area contributed by atoms with Crippen molar-refractivity contribution in [1.29, 1.82) is 0 Å². The van der Waals surface area contributed by atoms with E-state index in [-0.39, 0.29) is 12.0 Å². The number of rotatable bonds is 5. The molecule has 2 aromatic rings. The van der Waals surface area contributed by atoms with Gasteiger partial charge in [0.25, 0.3) is 5.91 Å². The van der Waals surface area contributed by atoms with Gasteiger partial charge in [0.05, 0.1) is 6.54 Å². The molecular weight excluding hydrogens is 306 g/mol. The molecule has 0 radical (unpaired) electrons. The summed E-state index contributed by atoms with van der Waals surface area (Å²) in [5.41, 5.74) is 1.55. The van der Waals surface area contributed by atoms with Crippen LogP contribution in [0.3, 0.4) is 0 Å². The second-order valence-corrected chi connectivity index (χ2v) is 6.32. The smallest absolute Gasteiger partial charge is 0.274 e. The molecule has 1 aliphatic heterocycles. The van der Waals surface area contributed by atoms with Crippen LogP contribution in [-0.4, -0.2) is 46.8 Å². The van der Waals surface area contributed by atoms with E-state index >= 15 is 0 Å². The predicted molar refractivity (Wildman–Crippen MR) is 88.5 cm³/mol. The van der Waals surface area contributed by atoms with Crippen molar-refractivity contribution >= 4 is 5.91 Å². The van der Waals surface area contributed by atoms with Crippen molar-refractivity contribution in [1.82, 2.24) is 15.1 Å². The number of nitrogens with one attached hydrogen (secondary N) is 1. The lowest BCUT2D eigenvalue weighted by molar-refractivity contribution is 0.0471. The molecule has 2 aliphatic rings. The zero-order valence-corrected chi connectivity index (χ0v) is 13.7. The maximum Gasteiger partial charge on any atom is 0.274 e. The molecule has 1 aromatic heterocycles. The van der Waals surface area contributed by atoms with Gasteiger partial charge in [-0.05, 0) is 38.0 Å². The predicted octanol–water partition coefficient (Wildman–Crippen LogP) is 2.59. The topological polar surface area (TPSA) is 67.5 Å². The molecule has 1 aliphatic carbocycles. The van der Waals surface area contributed by atoms with Crippen molar-refractivity contribution in [2.75, 3.05) is 19.7 Å². The van der Waals surface area contributed by atoms with Crippen molar-refractivity contribution in [2.45, 2.75) is 31.8 Å². The normalized spacial score (nSPS) is 19.1. The number of amides is 1. The molecule has 2 heterocycles. The molecule has 1 saturated carbocycles. The molecule has 0 saturated heterocycles. The van der Waals surface area contributed by atoms with Crippen LogP contribution in [0.1, 0.15) is 41.9 Å². The van der Waals surface area contributed by atoms with Gasteiger partial charge in [-0.3, -0.25) is 9.89 Å². The number of carbonyl (C=O) groups is 1. The standard InChI is InChI=1S/C18H21N3O3/c1-2-21(18(22)15-9-14(19-20-15)12-7-8-12)10-13-11-23-16-5-3-4-6-17(16)24-13/h3-6,9,12-13H,2,7-8,10-11H2,1H3,(H,19,20)/t13-/m0/s1. The van der Waals surface area contributed by atoms with Crippen molar-refractivity contribution in [2.24, 2.45) is 0 Å². The Kier molecular flexibility index (Phi) is 3.88.